The molecular formula is C42H61NO8P+. The molecule has 1 N–H and O–H groups in total. The SMILES string of the molecule is CCCCCCCCCCCCCC(=O)OC[C@H](CO[P+]([O-])(O)OCC[N+](C)(C)C)OC(=O)CCCc1ccc2ccc3cccc4ccc1c2c34. The predicted molar refractivity (Wildman–Crippen MR) is 209 cm³/mol. The van der Waals surface area contributed by atoms with E-state index in [1.165, 1.54) is 83.7 Å². The minimum absolute atomic E-state index is 0.0126. The Kier molecular flexibility index (Phi) is 17.0. The number of aryl methyl sites for hydroxylation is 1. The average molecular weight is 739 g/mol. The molecule has 0 saturated carbocycles. The fraction of sp³-hybridized carbons (Fsp3) is 0.571. The molecule has 0 bridgehead atoms. The molecule has 1 unspecified atom stereocenters. The number of carbonyl (C=O) groups is 2. The maximum Gasteiger partial charge on any atom is 0.377 e. The first-order valence-electron chi connectivity index (χ1n) is 19.4. The Hall–Kier alpha value is -2.91. The molecule has 0 amide bonds. The van der Waals surface area contributed by atoms with Crippen LogP contribution in [0.2, 0.25) is 0 Å². The molecule has 0 aromatic heterocycles. The van der Waals surface area contributed by atoms with Crippen LogP contribution in [0.3, 0.4) is 0 Å². The van der Waals surface area contributed by atoms with Gasteiger partial charge in [-0.25, -0.2) is 0 Å². The van der Waals surface area contributed by atoms with Crippen LogP contribution in [-0.2, 0) is 34.5 Å². The van der Waals surface area contributed by atoms with E-state index < -0.39 is 32.8 Å². The van der Waals surface area contributed by atoms with Crippen LogP contribution in [0.15, 0.2) is 54.6 Å². The van der Waals surface area contributed by atoms with Crippen molar-refractivity contribution in [2.45, 2.75) is 109 Å². The third-order valence-corrected chi connectivity index (χ3v) is 10.6. The molecule has 9 nitrogen and oxygen atoms in total. The molecule has 0 radical (unpaired) electrons. The molecule has 0 saturated heterocycles. The second kappa shape index (κ2) is 21.1. The van der Waals surface area contributed by atoms with E-state index >= 15 is 0 Å². The van der Waals surface area contributed by atoms with Gasteiger partial charge in [0.05, 0.1) is 21.1 Å². The second-order valence-corrected chi connectivity index (χ2v) is 16.6. The lowest BCUT2D eigenvalue weighted by Gasteiger charge is -2.26. The molecule has 4 aromatic rings. The number of carbonyl (C=O) groups excluding carboxylic acids is 2. The number of hydrogen-bond acceptors (Lipinski definition) is 8. The van der Waals surface area contributed by atoms with E-state index in [0.29, 0.717) is 23.9 Å². The van der Waals surface area contributed by atoms with E-state index in [1.807, 2.05) is 21.1 Å². The van der Waals surface area contributed by atoms with E-state index in [-0.39, 0.29) is 26.1 Å². The van der Waals surface area contributed by atoms with E-state index in [4.69, 9.17) is 18.5 Å². The molecule has 0 aliphatic rings. The number of rotatable bonds is 26. The quantitative estimate of drug-likeness (QED) is 0.0224. The Bertz CT molecular complexity index is 1650. The third kappa shape index (κ3) is 14.1. The van der Waals surface area contributed by atoms with Crippen molar-refractivity contribution in [3.8, 4) is 0 Å². The highest BCUT2D eigenvalue weighted by Gasteiger charge is 2.31. The monoisotopic (exact) mass is 738 g/mol. The number of ether oxygens (including phenoxy) is 2. The Labute approximate surface area is 311 Å². The van der Waals surface area contributed by atoms with Crippen LogP contribution in [0.1, 0.15) is 102 Å². The van der Waals surface area contributed by atoms with Gasteiger partial charge in [-0.1, -0.05) is 126 Å². The number of esters is 2. The fourth-order valence-corrected chi connectivity index (χ4v) is 7.38. The van der Waals surface area contributed by atoms with Crippen molar-refractivity contribution in [3.63, 3.8) is 0 Å². The summed E-state index contributed by atoms with van der Waals surface area (Å²) in [6, 6.07) is 19.2. The van der Waals surface area contributed by atoms with Crippen molar-refractivity contribution in [1.82, 2.24) is 0 Å². The van der Waals surface area contributed by atoms with Gasteiger partial charge in [-0.3, -0.25) is 9.59 Å². The predicted octanol–water partition coefficient (Wildman–Crippen LogP) is 8.83. The number of phosphoric ester groups is 1. The summed E-state index contributed by atoms with van der Waals surface area (Å²) < 4.78 is 22.0. The van der Waals surface area contributed by atoms with Crippen LogP contribution in [0.25, 0.3) is 32.3 Å². The topological polar surface area (TPSA) is 114 Å². The molecule has 286 valence electrons. The normalized spacial score (nSPS) is 13.9. The molecule has 0 heterocycles. The van der Waals surface area contributed by atoms with Crippen molar-refractivity contribution < 1.29 is 42.4 Å². The molecule has 0 fully saturated rings. The zero-order chi connectivity index (χ0) is 37.4. The number of unbranched alkanes of at least 4 members (excludes halogenated alkanes) is 10. The van der Waals surface area contributed by atoms with Crippen LogP contribution in [0, 0.1) is 0 Å². The number of phosphoric acid groups is 1. The lowest BCUT2D eigenvalue weighted by Crippen LogP contribution is -2.38. The molecular weight excluding hydrogens is 677 g/mol. The highest BCUT2D eigenvalue weighted by Crippen LogP contribution is 2.47. The molecule has 2 atom stereocenters. The zero-order valence-electron chi connectivity index (χ0n) is 31.9. The van der Waals surface area contributed by atoms with Gasteiger partial charge in [-0.15, -0.1) is 0 Å². The minimum Gasteiger partial charge on any atom is -0.606 e. The molecule has 4 aromatic carbocycles. The second-order valence-electron chi connectivity index (χ2n) is 15.1. The van der Waals surface area contributed by atoms with Crippen LogP contribution in [-0.4, -0.2) is 74.9 Å². The number of likely N-dealkylation sites (N-methyl/N-ethyl adjacent to an activating group) is 1. The van der Waals surface area contributed by atoms with Crippen LogP contribution in [0.4, 0.5) is 0 Å². The molecule has 0 aliphatic carbocycles. The molecule has 4 rings (SSSR count). The fourth-order valence-electron chi connectivity index (χ4n) is 6.63. The summed E-state index contributed by atoms with van der Waals surface area (Å²) in [4.78, 5) is 48.4. The maximum absolute atomic E-state index is 13.0. The van der Waals surface area contributed by atoms with Crippen LogP contribution in [0.5, 0.6) is 0 Å². The van der Waals surface area contributed by atoms with E-state index in [0.717, 1.165) is 24.8 Å². The van der Waals surface area contributed by atoms with Gasteiger partial charge >= 0.3 is 20.1 Å². The Morgan fingerprint density at radius 3 is 1.94 bits per heavy atom. The van der Waals surface area contributed by atoms with Crippen molar-refractivity contribution >= 4 is 52.4 Å². The van der Waals surface area contributed by atoms with Crippen molar-refractivity contribution in [2.75, 3.05) is 47.5 Å². The van der Waals surface area contributed by atoms with Gasteiger partial charge in [0.15, 0.2) is 6.10 Å². The number of nitrogens with zero attached hydrogens (tertiary/aromatic N) is 1. The third-order valence-electron chi connectivity index (χ3n) is 9.60. The van der Waals surface area contributed by atoms with Gasteiger partial charge in [-0.05, 0) is 57.1 Å². The standard InChI is InChI=1S/C42H60NO8P/c1-5-6-7-8-9-10-11-12-13-14-15-21-39(44)48-31-37(32-50-52(46,47)49-30-29-43(2,3)4)51-40(45)22-17-18-33-23-24-36-26-25-34-19-16-20-35-27-28-38(33)42(36)41(34)35/h16,19-20,23-28,37H,5-15,17-18,21-22,29-32H2,1-4H3/p+1/t37-/m1/s1. The molecule has 0 spiro atoms. The number of hydrogen-bond donors (Lipinski definition) is 1. The minimum atomic E-state index is -4.42. The first-order chi connectivity index (χ1) is 25.0. The van der Waals surface area contributed by atoms with Crippen molar-refractivity contribution in [2.24, 2.45) is 0 Å². The summed E-state index contributed by atoms with van der Waals surface area (Å²) >= 11 is 0. The summed E-state index contributed by atoms with van der Waals surface area (Å²) in [5.41, 5.74) is 1.15. The van der Waals surface area contributed by atoms with Crippen molar-refractivity contribution in [3.05, 3.63) is 60.2 Å². The first-order valence-corrected chi connectivity index (χ1v) is 20.9. The largest absolute Gasteiger partial charge is 0.606 e. The van der Waals surface area contributed by atoms with Gasteiger partial charge in [0.25, 0.3) is 0 Å². The lowest BCUT2D eigenvalue weighted by molar-refractivity contribution is -0.870. The average Bonchev–Trinajstić information content (AvgIpc) is 3.10. The van der Waals surface area contributed by atoms with Gasteiger partial charge in [-0.2, -0.15) is 13.9 Å². The number of quaternary nitrogens is 1. The molecule has 10 heteroatoms. The van der Waals surface area contributed by atoms with Gasteiger partial charge < -0.3 is 18.9 Å². The molecule has 52 heavy (non-hydrogen) atoms. The summed E-state index contributed by atoms with van der Waals surface area (Å²) in [6.07, 6.45) is 13.6. The summed E-state index contributed by atoms with van der Waals surface area (Å²) in [5.74, 6) is -0.885. The molecule has 0 aliphatic heterocycles. The Morgan fingerprint density at radius 1 is 0.712 bits per heavy atom. The van der Waals surface area contributed by atoms with Gasteiger partial charge in [0, 0.05) is 12.8 Å². The lowest BCUT2D eigenvalue weighted by atomic mass is 9.90. The van der Waals surface area contributed by atoms with Gasteiger partial charge in [0.1, 0.15) is 26.4 Å². The van der Waals surface area contributed by atoms with E-state index in [2.05, 4.69) is 61.5 Å². The maximum atomic E-state index is 13.0. The van der Waals surface area contributed by atoms with Crippen molar-refractivity contribution in [1.29, 1.82) is 0 Å². The summed E-state index contributed by atoms with van der Waals surface area (Å²) in [5, 5.41) is 7.26. The van der Waals surface area contributed by atoms with E-state index in [1.54, 1.807) is 0 Å². The highest BCUT2D eigenvalue weighted by atomic mass is 31.2. The van der Waals surface area contributed by atoms with E-state index in [9.17, 15) is 19.4 Å². The van der Waals surface area contributed by atoms with Crippen LogP contribution < -0.4 is 4.89 Å². The summed E-state index contributed by atoms with van der Waals surface area (Å²) in [7, 11) is 1.41. The smallest absolute Gasteiger partial charge is 0.377 e. The Balaban J connectivity index is 1.25. The zero-order valence-corrected chi connectivity index (χ0v) is 32.8. The Morgan fingerprint density at radius 2 is 1.29 bits per heavy atom. The van der Waals surface area contributed by atoms with Gasteiger partial charge in [0.2, 0.25) is 0 Å². The van der Waals surface area contributed by atoms with Crippen LogP contribution >= 0.6 is 8.17 Å². The first kappa shape index (κ1) is 41.8. The number of benzene rings is 4. The highest BCUT2D eigenvalue weighted by molar-refractivity contribution is 7.52. The summed E-state index contributed by atoms with van der Waals surface area (Å²) in [6.45, 7) is 2.03.